The third-order valence-electron chi connectivity index (χ3n) is 7.01. The number of hydrogen-bond donors (Lipinski definition) is 4. The van der Waals surface area contributed by atoms with Gasteiger partial charge in [0, 0.05) is 12.5 Å². The Hall–Kier alpha value is -3.48. The lowest BCUT2D eigenvalue weighted by Gasteiger charge is -2.25. The van der Waals surface area contributed by atoms with Crippen molar-refractivity contribution < 1.29 is 41.9 Å². The van der Waals surface area contributed by atoms with Gasteiger partial charge < -0.3 is 21.3 Å². The fourth-order valence-corrected chi connectivity index (χ4v) is 4.64. The molecule has 0 unspecified atom stereocenters. The first-order chi connectivity index (χ1) is 18.7. The Morgan fingerprint density at radius 1 is 1.05 bits per heavy atom. The Kier molecular flexibility index (Phi) is 9.93. The van der Waals surface area contributed by atoms with E-state index >= 15 is 0 Å². The number of alkyl halides is 3. The lowest BCUT2D eigenvalue weighted by molar-refractivity contribution is -0.321. The fraction of sp³-hybridized carbons (Fsp3) is 0.593. The van der Waals surface area contributed by atoms with Gasteiger partial charge in [-0.25, -0.2) is 0 Å². The summed E-state index contributed by atoms with van der Waals surface area (Å²) in [6, 6.07) is 4.82. The second-order valence-electron chi connectivity index (χ2n) is 10.8. The van der Waals surface area contributed by atoms with Crippen LogP contribution in [0.2, 0.25) is 0 Å². The van der Waals surface area contributed by atoms with Gasteiger partial charge in [-0.05, 0) is 50.5 Å². The monoisotopic (exact) mass is 568 g/mol. The molecule has 1 aromatic carbocycles. The molecule has 1 aliphatic carbocycles. The Morgan fingerprint density at radius 2 is 1.70 bits per heavy atom. The summed E-state index contributed by atoms with van der Waals surface area (Å²) in [7, 11) is 0. The van der Waals surface area contributed by atoms with E-state index in [9.17, 15) is 37.1 Å². The van der Waals surface area contributed by atoms with Gasteiger partial charge >= 0.3 is 18.2 Å². The normalized spacial score (nSPS) is 19.4. The summed E-state index contributed by atoms with van der Waals surface area (Å²) in [4.78, 5) is 63.4. The van der Waals surface area contributed by atoms with E-state index in [1.165, 1.54) is 0 Å². The largest absolute Gasteiger partial charge is 0.522 e. The van der Waals surface area contributed by atoms with Crippen molar-refractivity contribution >= 4 is 29.4 Å². The van der Waals surface area contributed by atoms with Crippen molar-refractivity contribution in [2.45, 2.75) is 76.9 Å². The van der Waals surface area contributed by atoms with Crippen molar-refractivity contribution in [3.8, 4) is 0 Å². The molecule has 2 fully saturated rings. The SMILES string of the molecule is Cc1ccc(C2(NC(=O)C(=O)N[C@@H](CC(C)C)C(=O)N[C@@H](C[C@@H]3CCNC3=O)C(=O)COC(F)(F)F)CC2)cc1. The molecule has 0 bridgehead atoms. The predicted molar refractivity (Wildman–Crippen MR) is 136 cm³/mol. The molecule has 2 aliphatic rings. The molecular weight excluding hydrogens is 533 g/mol. The molecule has 4 amide bonds. The first-order valence-corrected chi connectivity index (χ1v) is 13.2. The number of ketones is 1. The molecule has 3 atom stereocenters. The van der Waals surface area contributed by atoms with E-state index in [-0.39, 0.29) is 24.7 Å². The number of aryl methyl sites for hydroxylation is 1. The smallest absolute Gasteiger partial charge is 0.356 e. The number of ether oxygens (including phenoxy) is 1. The van der Waals surface area contributed by atoms with Gasteiger partial charge in [0.05, 0.1) is 11.6 Å². The van der Waals surface area contributed by atoms with Gasteiger partial charge in [0.1, 0.15) is 12.6 Å². The number of benzene rings is 1. The van der Waals surface area contributed by atoms with Crippen LogP contribution in [0.1, 0.15) is 57.1 Å². The molecule has 0 spiro atoms. The van der Waals surface area contributed by atoms with Gasteiger partial charge in [0.15, 0.2) is 5.78 Å². The van der Waals surface area contributed by atoms with Gasteiger partial charge in [-0.3, -0.25) is 28.7 Å². The molecule has 1 aromatic rings. The highest BCUT2D eigenvalue weighted by molar-refractivity contribution is 6.35. The molecule has 1 heterocycles. The minimum Gasteiger partial charge on any atom is -0.356 e. The molecule has 1 aliphatic heterocycles. The lowest BCUT2D eigenvalue weighted by Crippen LogP contribution is -2.55. The van der Waals surface area contributed by atoms with Crippen LogP contribution in [0.15, 0.2) is 24.3 Å². The minimum atomic E-state index is -5.06. The van der Waals surface area contributed by atoms with Crippen LogP contribution in [0, 0.1) is 18.8 Å². The van der Waals surface area contributed by atoms with E-state index < -0.39 is 60.0 Å². The van der Waals surface area contributed by atoms with Gasteiger partial charge in [0.2, 0.25) is 11.8 Å². The standard InChI is InChI=1S/C27H35F3N4O6/c1-15(2)12-20(33-24(38)25(39)34-26(9-10-26)18-6-4-16(3)5-7-18)23(37)32-19(13-17-8-11-31-22(17)36)21(35)14-40-27(28,29)30/h4-7,15,17,19-20H,8-14H2,1-3H3,(H,31,36)(H,32,37)(H,33,38)(H,34,39)/t17-,19-,20-/m0/s1. The van der Waals surface area contributed by atoms with E-state index in [1.807, 2.05) is 31.2 Å². The molecule has 4 N–H and O–H groups in total. The van der Waals surface area contributed by atoms with Crippen LogP contribution in [0.3, 0.4) is 0 Å². The highest BCUT2D eigenvalue weighted by Crippen LogP contribution is 2.45. The molecule has 0 radical (unpaired) electrons. The van der Waals surface area contributed by atoms with Gasteiger partial charge in [-0.1, -0.05) is 43.7 Å². The van der Waals surface area contributed by atoms with E-state index in [0.29, 0.717) is 25.8 Å². The number of Topliss-reactive ketones (excluding diaryl/α,β-unsaturated/α-hetero) is 1. The number of rotatable bonds is 12. The van der Waals surface area contributed by atoms with E-state index in [4.69, 9.17) is 0 Å². The average Bonchev–Trinajstić information content (AvgIpc) is 3.54. The van der Waals surface area contributed by atoms with Crippen LogP contribution in [0.4, 0.5) is 13.2 Å². The van der Waals surface area contributed by atoms with Crippen molar-refractivity contribution in [1.82, 2.24) is 21.3 Å². The van der Waals surface area contributed by atoms with Crippen LogP contribution >= 0.6 is 0 Å². The fourth-order valence-electron chi connectivity index (χ4n) is 4.64. The molecular formula is C27H35F3N4O6. The zero-order chi connectivity index (χ0) is 29.7. The Labute approximate surface area is 230 Å². The van der Waals surface area contributed by atoms with Gasteiger partial charge in [-0.2, -0.15) is 0 Å². The highest BCUT2D eigenvalue weighted by Gasteiger charge is 2.47. The molecule has 40 heavy (non-hydrogen) atoms. The van der Waals surface area contributed by atoms with Crippen LogP contribution in [-0.4, -0.2) is 61.0 Å². The van der Waals surface area contributed by atoms with Crippen molar-refractivity contribution in [1.29, 1.82) is 0 Å². The van der Waals surface area contributed by atoms with Crippen LogP contribution in [-0.2, 0) is 34.2 Å². The third-order valence-corrected chi connectivity index (χ3v) is 7.01. The van der Waals surface area contributed by atoms with Gasteiger partial charge in [0.25, 0.3) is 0 Å². The number of hydrogen-bond acceptors (Lipinski definition) is 6. The quantitative estimate of drug-likeness (QED) is 0.283. The number of carbonyl (C=O) groups excluding carboxylic acids is 5. The van der Waals surface area contributed by atoms with E-state index in [1.54, 1.807) is 13.8 Å². The maximum absolute atomic E-state index is 13.2. The summed E-state index contributed by atoms with van der Waals surface area (Å²) in [5, 5.41) is 10.1. The van der Waals surface area contributed by atoms with Crippen molar-refractivity contribution in [3.05, 3.63) is 35.4 Å². The van der Waals surface area contributed by atoms with Gasteiger partial charge in [-0.15, -0.1) is 13.2 Å². The summed E-state index contributed by atoms with van der Waals surface area (Å²) < 4.78 is 41.2. The summed E-state index contributed by atoms with van der Waals surface area (Å²) in [6.45, 7) is 4.45. The average molecular weight is 569 g/mol. The minimum absolute atomic E-state index is 0.0812. The molecule has 0 aromatic heterocycles. The van der Waals surface area contributed by atoms with E-state index in [0.717, 1.165) is 11.1 Å². The number of amides is 4. The number of nitrogens with one attached hydrogen (secondary N) is 4. The summed E-state index contributed by atoms with van der Waals surface area (Å²) in [5.41, 5.74) is 1.23. The molecule has 10 nitrogen and oxygen atoms in total. The second kappa shape index (κ2) is 12.8. The van der Waals surface area contributed by atoms with Crippen LogP contribution in [0.25, 0.3) is 0 Å². The Balaban J connectivity index is 1.68. The second-order valence-corrected chi connectivity index (χ2v) is 10.8. The highest BCUT2D eigenvalue weighted by atomic mass is 19.4. The van der Waals surface area contributed by atoms with Crippen LogP contribution in [0.5, 0.6) is 0 Å². The summed E-state index contributed by atoms with van der Waals surface area (Å²) >= 11 is 0. The van der Waals surface area contributed by atoms with Crippen molar-refractivity contribution in [3.63, 3.8) is 0 Å². The summed E-state index contributed by atoms with van der Waals surface area (Å²) in [6.07, 6.45) is -3.59. The number of carbonyl (C=O) groups is 5. The molecule has 3 rings (SSSR count). The predicted octanol–water partition coefficient (Wildman–Crippen LogP) is 1.75. The molecule has 1 saturated heterocycles. The first kappa shape index (κ1) is 31.1. The number of halogens is 3. The zero-order valence-electron chi connectivity index (χ0n) is 22.7. The first-order valence-electron chi connectivity index (χ1n) is 13.2. The molecule has 220 valence electrons. The molecule has 1 saturated carbocycles. The lowest BCUT2D eigenvalue weighted by atomic mass is 9.95. The van der Waals surface area contributed by atoms with Crippen molar-refractivity contribution in [2.75, 3.05) is 13.2 Å². The topological polar surface area (TPSA) is 143 Å². The van der Waals surface area contributed by atoms with E-state index in [2.05, 4.69) is 26.0 Å². The third kappa shape index (κ3) is 8.77. The molecule has 13 heteroatoms. The maximum Gasteiger partial charge on any atom is 0.522 e. The zero-order valence-corrected chi connectivity index (χ0v) is 22.7. The summed E-state index contributed by atoms with van der Waals surface area (Å²) in [5.74, 6) is -5.14. The maximum atomic E-state index is 13.2. The van der Waals surface area contributed by atoms with Crippen molar-refractivity contribution in [2.24, 2.45) is 11.8 Å². The Bertz CT molecular complexity index is 1120. The van der Waals surface area contributed by atoms with Crippen LogP contribution < -0.4 is 21.3 Å². The Morgan fingerprint density at radius 3 is 2.23 bits per heavy atom.